The number of carboxylic acids is 1. The molecule has 2 N–H and O–H groups in total. The third-order valence-electron chi connectivity index (χ3n) is 7.83. The van der Waals surface area contributed by atoms with Crippen LogP contribution in [0.5, 0.6) is 0 Å². The van der Waals surface area contributed by atoms with Crippen LogP contribution in [0, 0.1) is 5.41 Å². The number of pyridine rings is 1. The third kappa shape index (κ3) is 8.72. The number of aliphatic carboxylic acids is 1. The van der Waals surface area contributed by atoms with Gasteiger partial charge in [0.1, 0.15) is 0 Å². The van der Waals surface area contributed by atoms with Gasteiger partial charge in [-0.2, -0.15) is 11.8 Å². The van der Waals surface area contributed by atoms with Crippen molar-refractivity contribution < 1.29 is 46.0 Å². The summed E-state index contributed by atoms with van der Waals surface area (Å²) in [5, 5.41) is 22.1. The van der Waals surface area contributed by atoms with Crippen LogP contribution in [0.25, 0.3) is 23.1 Å². The summed E-state index contributed by atoms with van der Waals surface area (Å²) in [4.78, 5) is 16.2. The Morgan fingerprint density at radius 1 is 1.07 bits per heavy atom. The number of hydrogen-bond donors (Lipinski definition) is 2. The first kappa shape index (κ1) is 32.8. The van der Waals surface area contributed by atoms with Crippen LogP contribution < -0.4 is 29.6 Å². The fourth-order valence-electron chi connectivity index (χ4n) is 5.36. The quantitative estimate of drug-likeness (QED) is 0.191. The van der Waals surface area contributed by atoms with Gasteiger partial charge in [0.2, 0.25) is 0 Å². The summed E-state index contributed by atoms with van der Waals surface area (Å²) < 4.78 is 0. The minimum Gasteiger partial charge on any atom is -1.00 e. The van der Waals surface area contributed by atoms with Crippen LogP contribution in [-0.2, 0) is 16.8 Å². The van der Waals surface area contributed by atoms with E-state index >= 15 is 0 Å². The van der Waals surface area contributed by atoms with E-state index in [1.807, 2.05) is 74.1 Å². The van der Waals surface area contributed by atoms with Crippen molar-refractivity contribution >= 4 is 52.4 Å². The Hall–Kier alpha value is -2.12. The molecular formula is C35H37ClNNaO3S. The number of aryl methyl sites for hydroxylation is 1. The molecule has 1 saturated carbocycles. The number of hydrogen-bond acceptors (Lipinski definition) is 4. The average molecular weight is 610 g/mol. The molecule has 0 bridgehead atoms. The van der Waals surface area contributed by atoms with Crippen molar-refractivity contribution in [2.24, 2.45) is 5.41 Å². The Labute approximate surface area is 281 Å². The number of aliphatic hydroxyl groups is 1. The van der Waals surface area contributed by atoms with Gasteiger partial charge in [0, 0.05) is 21.4 Å². The van der Waals surface area contributed by atoms with Gasteiger partial charge in [-0.1, -0.05) is 78.3 Å². The molecule has 0 spiro atoms. The molecule has 0 unspecified atom stereocenters. The zero-order valence-corrected chi connectivity index (χ0v) is 28.1. The van der Waals surface area contributed by atoms with E-state index in [9.17, 15) is 15.0 Å². The Balaban J connectivity index is 0.00000253. The third-order valence-corrected chi connectivity index (χ3v) is 9.76. The van der Waals surface area contributed by atoms with Gasteiger partial charge in [-0.15, -0.1) is 0 Å². The maximum Gasteiger partial charge on any atom is 1.00 e. The molecule has 0 amide bonds. The summed E-state index contributed by atoms with van der Waals surface area (Å²) in [7, 11) is 0. The Kier molecular flexibility index (Phi) is 11.0. The molecule has 1 atom stereocenters. The minimum absolute atomic E-state index is 0. The molecule has 1 heterocycles. The maximum atomic E-state index is 11.5. The van der Waals surface area contributed by atoms with Crippen LogP contribution in [-0.4, -0.2) is 26.9 Å². The number of fused-ring (bicyclic) bond motifs is 1. The fraction of sp³-hybridized carbons (Fsp3) is 0.314. The molecule has 1 aromatic heterocycles. The Bertz CT molecular complexity index is 1590. The van der Waals surface area contributed by atoms with E-state index in [1.165, 1.54) is 5.56 Å². The number of nitrogens with zero attached hydrogens (tertiary/aromatic N) is 1. The summed E-state index contributed by atoms with van der Waals surface area (Å²) in [5.74, 6) is 0.122. The molecule has 4 aromatic rings. The summed E-state index contributed by atoms with van der Waals surface area (Å²) in [6, 6.07) is 26.5. The summed E-state index contributed by atoms with van der Waals surface area (Å²) in [5.41, 5.74) is 5.15. The first-order valence-corrected chi connectivity index (χ1v) is 15.5. The van der Waals surface area contributed by atoms with Gasteiger partial charge in [0.15, 0.2) is 0 Å². The van der Waals surface area contributed by atoms with E-state index in [0.717, 1.165) is 64.7 Å². The first-order valence-electron chi connectivity index (χ1n) is 14.1. The molecule has 0 saturated heterocycles. The fourth-order valence-corrected chi connectivity index (χ4v) is 7.09. The zero-order valence-electron chi connectivity index (χ0n) is 25.5. The second kappa shape index (κ2) is 14.1. The molecule has 5 rings (SSSR count). The van der Waals surface area contributed by atoms with Gasteiger partial charge in [-0.3, -0.25) is 4.79 Å². The Morgan fingerprint density at radius 3 is 2.57 bits per heavy atom. The molecule has 4 nitrogen and oxygen atoms in total. The van der Waals surface area contributed by atoms with Crippen LogP contribution in [0.1, 0.15) is 74.2 Å². The van der Waals surface area contributed by atoms with E-state index in [0.29, 0.717) is 5.02 Å². The van der Waals surface area contributed by atoms with Crippen LogP contribution in [0.15, 0.2) is 78.9 Å². The largest absolute Gasteiger partial charge is 1.00 e. The second-order valence-electron chi connectivity index (χ2n) is 11.7. The van der Waals surface area contributed by atoms with Gasteiger partial charge in [-0.05, 0) is 91.5 Å². The van der Waals surface area contributed by atoms with Crippen molar-refractivity contribution in [3.05, 3.63) is 112 Å². The molecule has 214 valence electrons. The predicted octanol–water partition coefficient (Wildman–Crippen LogP) is 6.06. The van der Waals surface area contributed by atoms with Gasteiger partial charge >= 0.3 is 35.5 Å². The van der Waals surface area contributed by atoms with E-state index in [2.05, 4.69) is 42.5 Å². The zero-order chi connectivity index (χ0) is 29.0. The number of carboxylic acid groups (broad SMARTS) is 1. The second-order valence-corrected chi connectivity index (χ2v) is 13.3. The van der Waals surface area contributed by atoms with Crippen LogP contribution in [0.3, 0.4) is 0 Å². The van der Waals surface area contributed by atoms with Crippen LogP contribution in [0.4, 0.5) is 0 Å². The smallest absolute Gasteiger partial charge is 1.00 e. The number of aromatic nitrogens is 1. The molecule has 0 aliphatic heterocycles. The van der Waals surface area contributed by atoms with Crippen LogP contribution >= 0.6 is 23.4 Å². The normalized spacial score (nSPS) is 15.0. The van der Waals surface area contributed by atoms with E-state index < -0.39 is 11.6 Å². The maximum absolute atomic E-state index is 11.5. The van der Waals surface area contributed by atoms with Crippen molar-refractivity contribution in [2.45, 2.75) is 56.8 Å². The van der Waals surface area contributed by atoms with E-state index in [-0.39, 0.29) is 48.1 Å². The van der Waals surface area contributed by atoms with Crippen molar-refractivity contribution in [1.82, 2.24) is 4.98 Å². The summed E-state index contributed by atoms with van der Waals surface area (Å²) in [6.45, 7) is 3.66. The summed E-state index contributed by atoms with van der Waals surface area (Å²) in [6.07, 6.45) is 8.02. The van der Waals surface area contributed by atoms with Crippen molar-refractivity contribution in [1.29, 1.82) is 0 Å². The molecule has 1 fully saturated rings. The summed E-state index contributed by atoms with van der Waals surface area (Å²) >= 11 is 8.04. The van der Waals surface area contributed by atoms with Crippen molar-refractivity contribution in [3.8, 4) is 0 Å². The average Bonchev–Trinajstić information content (AvgIpc) is 3.70. The standard InChI is InChI=1S/C35H36ClNO3S.Na.H/c1-34(2,40)30-9-4-3-7-25(30)13-17-32(41-23-35(18-19-35)22-33(38)39)27-8-5-6-24(20-27)10-15-29-16-12-26-11-14-28(36)21-31(26)37-29;;/h3-12,14-16,20-21,32,40H,13,17-19,22-23H2,1-2H3,(H,38,39);;/q;+1;-1/b15-10+;;/t32-;;/m1../s1. The van der Waals surface area contributed by atoms with E-state index in [1.54, 1.807) is 0 Å². The first-order chi connectivity index (χ1) is 19.6. The van der Waals surface area contributed by atoms with Gasteiger partial charge in [-0.25, -0.2) is 4.98 Å². The molecule has 1 aliphatic rings. The van der Waals surface area contributed by atoms with E-state index in [4.69, 9.17) is 16.6 Å². The molecule has 1 aliphatic carbocycles. The topological polar surface area (TPSA) is 70.4 Å². The monoisotopic (exact) mass is 609 g/mol. The van der Waals surface area contributed by atoms with Gasteiger partial charge < -0.3 is 11.6 Å². The van der Waals surface area contributed by atoms with Crippen molar-refractivity contribution in [3.63, 3.8) is 0 Å². The molecule has 3 aromatic carbocycles. The predicted molar refractivity (Wildman–Crippen MR) is 172 cm³/mol. The Morgan fingerprint density at radius 2 is 1.83 bits per heavy atom. The number of thioether (sulfide) groups is 1. The van der Waals surface area contributed by atoms with Gasteiger partial charge in [0.25, 0.3) is 0 Å². The molecule has 0 radical (unpaired) electrons. The van der Waals surface area contributed by atoms with Crippen molar-refractivity contribution in [2.75, 3.05) is 5.75 Å². The van der Waals surface area contributed by atoms with Crippen LogP contribution in [0.2, 0.25) is 5.02 Å². The number of rotatable bonds is 12. The van der Waals surface area contributed by atoms with Gasteiger partial charge in [0.05, 0.1) is 23.2 Å². The molecule has 42 heavy (non-hydrogen) atoms. The minimum atomic E-state index is -0.911. The number of carbonyl (C=O) groups is 1. The number of halogens is 1. The SMILES string of the molecule is CC(C)(O)c1ccccc1CC[C@@H](SCC1(CC(=O)O)CC1)c1cccc(/C=C/c2ccc3ccc(Cl)cc3n2)c1.[H-].[Na+]. The molecular weight excluding hydrogens is 573 g/mol. The molecule has 7 heteroatoms. The number of benzene rings is 3.